The number of halogens is 2. The van der Waals surface area contributed by atoms with Crippen molar-refractivity contribution in [1.82, 2.24) is 4.90 Å². The zero-order valence-corrected chi connectivity index (χ0v) is 21.4. The minimum Gasteiger partial charge on any atom is -0.449 e. The van der Waals surface area contributed by atoms with Crippen molar-refractivity contribution in [2.24, 2.45) is 11.1 Å². The first kappa shape index (κ1) is 26.8. The smallest absolute Gasteiger partial charge is 0.404 e. The van der Waals surface area contributed by atoms with E-state index in [4.69, 9.17) is 33.7 Å². The van der Waals surface area contributed by atoms with Crippen LogP contribution >= 0.6 is 23.2 Å². The third-order valence-corrected chi connectivity index (χ3v) is 7.47. The van der Waals surface area contributed by atoms with Gasteiger partial charge in [0.15, 0.2) is 0 Å². The summed E-state index contributed by atoms with van der Waals surface area (Å²) in [6, 6.07) is 14.5. The van der Waals surface area contributed by atoms with Gasteiger partial charge < -0.3 is 20.7 Å². The molecule has 1 fully saturated rings. The van der Waals surface area contributed by atoms with Crippen LogP contribution in [-0.2, 0) is 10.3 Å². The number of nitrogens with zero attached hydrogens (tertiary/aromatic N) is 1. The Bertz CT molecular complexity index is 973. The first-order valence-electron chi connectivity index (χ1n) is 11.5. The SMILES string of the molecule is CC(C)(C)C(C(O)C(COC(N)=O)c1ccc(Cl)c(Cl)c1)N1CCC(O)(c2ccccc2)CC1. The highest BCUT2D eigenvalue weighted by molar-refractivity contribution is 6.42. The van der Waals surface area contributed by atoms with Gasteiger partial charge >= 0.3 is 6.09 Å². The van der Waals surface area contributed by atoms with Crippen molar-refractivity contribution in [3.8, 4) is 0 Å². The highest BCUT2D eigenvalue weighted by Crippen LogP contribution is 2.40. The van der Waals surface area contributed by atoms with Gasteiger partial charge in [-0.15, -0.1) is 0 Å². The van der Waals surface area contributed by atoms with Gasteiger partial charge in [-0.2, -0.15) is 0 Å². The lowest BCUT2D eigenvalue weighted by molar-refractivity contribution is -0.0838. The molecule has 1 aliphatic heterocycles. The van der Waals surface area contributed by atoms with E-state index in [1.165, 1.54) is 0 Å². The van der Waals surface area contributed by atoms with Crippen LogP contribution < -0.4 is 5.73 Å². The van der Waals surface area contributed by atoms with Crippen LogP contribution in [0.3, 0.4) is 0 Å². The lowest BCUT2D eigenvalue weighted by atomic mass is 9.75. The fourth-order valence-corrected chi connectivity index (χ4v) is 5.32. The molecule has 34 heavy (non-hydrogen) atoms. The molecule has 0 saturated carbocycles. The summed E-state index contributed by atoms with van der Waals surface area (Å²) in [5.74, 6) is -0.568. The van der Waals surface area contributed by atoms with E-state index in [-0.39, 0.29) is 18.1 Å². The number of likely N-dealkylation sites (tertiary alicyclic amines) is 1. The van der Waals surface area contributed by atoms with Crippen molar-refractivity contribution in [3.05, 3.63) is 69.7 Å². The summed E-state index contributed by atoms with van der Waals surface area (Å²) in [6.45, 7) is 7.33. The summed E-state index contributed by atoms with van der Waals surface area (Å²) < 4.78 is 5.14. The topological polar surface area (TPSA) is 96.0 Å². The van der Waals surface area contributed by atoms with E-state index in [1.54, 1.807) is 18.2 Å². The van der Waals surface area contributed by atoms with Crippen molar-refractivity contribution in [2.75, 3.05) is 19.7 Å². The number of aliphatic hydroxyl groups excluding tert-OH is 1. The summed E-state index contributed by atoms with van der Waals surface area (Å²) in [4.78, 5) is 13.6. The molecule has 0 aromatic heterocycles. The van der Waals surface area contributed by atoms with Gasteiger partial charge in [0.1, 0.15) is 6.61 Å². The van der Waals surface area contributed by atoms with Crippen LogP contribution in [0.25, 0.3) is 0 Å². The second kappa shape index (κ2) is 10.8. The molecular weight excluding hydrogens is 475 g/mol. The van der Waals surface area contributed by atoms with Crippen LogP contribution in [-0.4, -0.2) is 53.0 Å². The molecule has 1 aliphatic rings. The number of nitrogens with two attached hydrogens (primary N) is 1. The molecule has 1 heterocycles. The predicted molar refractivity (Wildman–Crippen MR) is 135 cm³/mol. The molecule has 3 rings (SSSR count). The normalized spacial score (nSPS) is 19.3. The first-order valence-corrected chi connectivity index (χ1v) is 12.3. The Labute approximate surface area is 211 Å². The zero-order chi connectivity index (χ0) is 25.1. The molecule has 186 valence electrons. The molecule has 0 radical (unpaired) electrons. The van der Waals surface area contributed by atoms with Crippen LogP contribution in [0, 0.1) is 5.41 Å². The summed E-state index contributed by atoms with van der Waals surface area (Å²) in [5, 5.41) is 23.8. The van der Waals surface area contributed by atoms with Crippen molar-refractivity contribution in [3.63, 3.8) is 0 Å². The molecule has 0 aliphatic carbocycles. The van der Waals surface area contributed by atoms with E-state index >= 15 is 0 Å². The summed E-state index contributed by atoms with van der Waals surface area (Å²) in [7, 11) is 0. The van der Waals surface area contributed by atoms with Crippen LogP contribution in [0.15, 0.2) is 48.5 Å². The molecule has 6 nitrogen and oxygen atoms in total. The molecule has 3 atom stereocenters. The monoisotopic (exact) mass is 508 g/mol. The maximum absolute atomic E-state index is 11.7. The zero-order valence-electron chi connectivity index (χ0n) is 19.9. The maximum atomic E-state index is 11.7. The number of carbonyl (C=O) groups excluding carboxylic acids is 1. The minimum absolute atomic E-state index is 0.0944. The number of ether oxygens (including phenoxy) is 1. The molecule has 1 saturated heterocycles. The lowest BCUT2D eigenvalue weighted by Crippen LogP contribution is -2.57. The van der Waals surface area contributed by atoms with Gasteiger partial charge in [-0.25, -0.2) is 4.79 Å². The third kappa shape index (κ3) is 6.23. The highest BCUT2D eigenvalue weighted by Gasteiger charge is 2.44. The van der Waals surface area contributed by atoms with E-state index in [2.05, 4.69) is 25.7 Å². The van der Waals surface area contributed by atoms with Crippen molar-refractivity contribution < 1.29 is 19.7 Å². The molecule has 2 aromatic carbocycles. The number of hydrogen-bond donors (Lipinski definition) is 3. The van der Waals surface area contributed by atoms with Gasteiger partial charge in [0.25, 0.3) is 0 Å². The van der Waals surface area contributed by atoms with Gasteiger partial charge in [-0.05, 0) is 41.5 Å². The highest BCUT2D eigenvalue weighted by atomic mass is 35.5. The number of amides is 1. The number of piperidine rings is 1. The fraction of sp³-hybridized carbons (Fsp3) is 0.500. The number of primary amides is 1. The van der Waals surface area contributed by atoms with Gasteiger partial charge in [0.2, 0.25) is 0 Å². The average molecular weight is 509 g/mol. The summed E-state index contributed by atoms with van der Waals surface area (Å²) in [6.07, 6.45) is -0.716. The number of aliphatic hydroxyl groups is 2. The van der Waals surface area contributed by atoms with Crippen LogP contribution in [0.4, 0.5) is 4.79 Å². The van der Waals surface area contributed by atoms with Crippen molar-refractivity contribution >= 4 is 29.3 Å². The number of hydrogen-bond acceptors (Lipinski definition) is 5. The maximum Gasteiger partial charge on any atom is 0.404 e. The van der Waals surface area contributed by atoms with Crippen LogP contribution in [0.1, 0.15) is 50.7 Å². The van der Waals surface area contributed by atoms with Crippen LogP contribution in [0.5, 0.6) is 0 Å². The van der Waals surface area contributed by atoms with Crippen molar-refractivity contribution in [1.29, 1.82) is 0 Å². The number of carbonyl (C=O) groups is 1. The van der Waals surface area contributed by atoms with Gasteiger partial charge in [0, 0.05) is 25.0 Å². The number of benzene rings is 2. The Hall–Kier alpha value is -1.83. The Morgan fingerprint density at radius 2 is 1.74 bits per heavy atom. The molecule has 8 heteroatoms. The molecule has 2 aromatic rings. The Kier molecular flexibility index (Phi) is 8.53. The second-order valence-electron chi connectivity index (χ2n) is 10.1. The van der Waals surface area contributed by atoms with Crippen LogP contribution in [0.2, 0.25) is 10.0 Å². The molecule has 4 N–H and O–H groups in total. The van der Waals surface area contributed by atoms with E-state index < -0.39 is 23.7 Å². The molecule has 1 amide bonds. The minimum atomic E-state index is -0.907. The molecule has 0 bridgehead atoms. The standard InChI is InChI=1S/C26H34Cl2N2O4/c1-25(2,3)23(30-13-11-26(33,12-14-30)18-7-5-4-6-8-18)22(31)19(16-34-24(29)32)17-9-10-20(27)21(28)15-17/h4-10,15,19,22-23,31,33H,11-14,16H2,1-3H3,(H2,29,32). The largest absolute Gasteiger partial charge is 0.449 e. The Morgan fingerprint density at radius 1 is 1.12 bits per heavy atom. The predicted octanol–water partition coefficient (Wildman–Crippen LogP) is 4.93. The molecule has 3 unspecified atom stereocenters. The van der Waals surface area contributed by atoms with E-state index in [0.717, 1.165) is 5.56 Å². The van der Waals surface area contributed by atoms with E-state index in [9.17, 15) is 15.0 Å². The second-order valence-corrected chi connectivity index (χ2v) is 11.0. The Balaban J connectivity index is 1.87. The molecular formula is C26H34Cl2N2O4. The average Bonchev–Trinajstić information content (AvgIpc) is 2.77. The van der Waals surface area contributed by atoms with Gasteiger partial charge in [-0.3, -0.25) is 4.90 Å². The fourth-order valence-electron chi connectivity index (χ4n) is 5.01. The van der Waals surface area contributed by atoms with Gasteiger partial charge in [0.05, 0.1) is 21.8 Å². The number of rotatable bonds is 7. The van der Waals surface area contributed by atoms with Gasteiger partial charge in [-0.1, -0.05) is 80.4 Å². The summed E-state index contributed by atoms with van der Waals surface area (Å²) in [5.41, 5.74) is 5.63. The molecule has 0 spiro atoms. The van der Waals surface area contributed by atoms with E-state index in [1.807, 2.05) is 30.3 Å². The third-order valence-electron chi connectivity index (χ3n) is 6.73. The lowest BCUT2D eigenvalue weighted by Gasteiger charge is -2.49. The Morgan fingerprint density at radius 3 is 2.26 bits per heavy atom. The van der Waals surface area contributed by atoms with Crippen molar-refractivity contribution in [2.45, 2.75) is 57.3 Å². The summed E-state index contributed by atoms with van der Waals surface area (Å²) >= 11 is 12.3. The van der Waals surface area contributed by atoms with E-state index in [0.29, 0.717) is 41.5 Å². The quantitative estimate of drug-likeness (QED) is 0.492. The first-order chi connectivity index (χ1) is 15.9.